The molecule has 0 amide bonds. The van der Waals surface area contributed by atoms with Crippen LogP contribution >= 0.6 is 69.7 Å². The van der Waals surface area contributed by atoms with Crippen molar-refractivity contribution in [2.45, 2.75) is 11.8 Å². The van der Waals surface area contributed by atoms with Crippen LogP contribution in [0, 0.1) is 6.92 Å². The Balaban J connectivity index is 2.12. The van der Waals surface area contributed by atoms with Crippen LogP contribution in [-0.2, 0) is 21.7 Å². The second-order valence-electron chi connectivity index (χ2n) is 4.95. The highest BCUT2D eigenvalue weighted by Gasteiger charge is 2.21. The van der Waals surface area contributed by atoms with Crippen molar-refractivity contribution in [3.63, 3.8) is 0 Å². The van der Waals surface area contributed by atoms with Crippen molar-refractivity contribution in [3.05, 3.63) is 65.7 Å². The van der Waals surface area contributed by atoms with Gasteiger partial charge < -0.3 is 11.7 Å². The largest absolute Gasteiger partial charge is 0.706 e. The lowest BCUT2D eigenvalue weighted by molar-refractivity contribution is -0.0685. The summed E-state index contributed by atoms with van der Waals surface area (Å²) in [6.07, 6.45) is 0. The Kier molecular flexibility index (Phi) is 12.2. The van der Waals surface area contributed by atoms with E-state index in [9.17, 15) is 8.42 Å². The van der Waals surface area contributed by atoms with Crippen LogP contribution in [0.1, 0.15) is 11.1 Å². The molecule has 0 fully saturated rings. The first kappa shape index (κ1) is 24.8. The number of sulfonamides is 1. The zero-order chi connectivity index (χ0) is 20.2. The molecule has 0 unspecified atom stereocenters. The number of nitrogens with zero attached hydrogens (tertiary/aromatic N) is 2. The molecule has 2 aromatic rings. The molecule has 0 aliphatic carbocycles. The molecule has 4 nitrogen and oxygen atoms in total. The van der Waals surface area contributed by atoms with Crippen molar-refractivity contribution in [1.82, 2.24) is 0 Å². The quantitative estimate of drug-likeness (QED) is 0.0746. The Bertz CT molecular complexity index is 899. The van der Waals surface area contributed by atoms with Crippen molar-refractivity contribution in [1.29, 1.82) is 0 Å². The second-order valence-corrected chi connectivity index (χ2v) is 18.4. The molecular weight excluding hydrogens is 529 g/mol. The highest BCUT2D eigenvalue weighted by molar-refractivity contribution is 9.47. The average Bonchev–Trinajstić information content (AvgIpc) is 2.70. The molecule has 0 radical (unpaired) electrons. The third-order valence-corrected chi connectivity index (χ3v) is 17.3. The Morgan fingerprint density at radius 3 is 2.29 bits per heavy atom. The molecule has 0 aliphatic rings. The maximum atomic E-state index is 12.4. The first-order chi connectivity index (χ1) is 13.5. The van der Waals surface area contributed by atoms with Gasteiger partial charge in [0.2, 0.25) is 4.52 Å². The zero-order valence-electron chi connectivity index (χ0n) is 14.3. The summed E-state index contributed by atoms with van der Waals surface area (Å²) in [5.74, 6) is 0.531. The fourth-order valence-electron chi connectivity index (χ4n) is 1.81. The van der Waals surface area contributed by atoms with E-state index in [1.54, 1.807) is 84.2 Å². The van der Waals surface area contributed by atoms with Crippen molar-refractivity contribution in [2.75, 3.05) is 5.75 Å². The number of hydrogen-bond acceptors (Lipinski definition) is 10. The van der Waals surface area contributed by atoms with Gasteiger partial charge in [-0.25, -0.2) is 0 Å². The van der Waals surface area contributed by atoms with Crippen LogP contribution in [0.2, 0.25) is 0 Å². The van der Waals surface area contributed by atoms with Gasteiger partial charge in [-0.05, 0) is 80.3 Å². The van der Waals surface area contributed by atoms with Crippen LogP contribution in [0.15, 0.2) is 64.0 Å². The summed E-state index contributed by atoms with van der Waals surface area (Å²) >= 11 is 4.79. The van der Waals surface area contributed by atoms with Crippen LogP contribution in [0.25, 0.3) is 0 Å². The minimum atomic E-state index is -3.83. The number of benzene rings is 2. The van der Waals surface area contributed by atoms with Gasteiger partial charge in [0.05, 0.1) is 15.2 Å². The second kappa shape index (κ2) is 13.8. The molecule has 0 saturated heterocycles. The van der Waals surface area contributed by atoms with Crippen LogP contribution in [0.5, 0.6) is 0 Å². The molecule has 0 saturated carbocycles. The van der Waals surface area contributed by atoms with Crippen LogP contribution in [0.4, 0.5) is 0 Å². The predicted octanol–water partition coefficient (Wildman–Crippen LogP) is 6.92. The maximum Gasteiger partial charge on any atom is 0.360 e. The maximum absolute atomic E-state index is 12.4. The lowest BCUT2D eigenvalue weighted by Gasteiger charge is -2.00. The van der Waals surface area contributed by atoms with Crippen LogP contribution < -0.4 is 0 Å². The number of rotatable bonds is 11. The summed E-state index contributed by atoms with van der Waals surface area (Å²) in [6, 6.07) is 16.0. The molecule has 13 heteroatoms. The highest BCUT2D eigenvalue weighted by Crippen LogP contribution is 2.54. The standard InChI is InChI=1S/C15H14N2O2S9/c1-12-7-9-14(10-8-12)28(18,19)17-16-15(13-5-3-2-4-6-13)11-21-23-25-27-26-24-22-20/h2-10H,11H2,1H3. The molecule has 0 heterocycles. The van der Waals surface area contributed by atoms with E-state index < -0.39 is 10.0 Å². The summed E-state index contributed by atoms with van der Waals surface area (Å²) in [7, 11) is 7.07. The molecule has 0 bridgehead atoms. The van der Waals surface area contributed by atoms with E-state index in [4.69, 9.17) is 11.7 Å². The smallest absolute Gasteiger partial charge is 0.360 e. The molecule has 0 spiro atoms. The lowest BCUT2D eigenvalue weighted by Crippen LogP contribution is -2.06. The Morgan fingerprint density at radius 2 is 1.61 bits per heavy atom. The molecule has 150 valence electrons. The number of aryl methyl sites for hydroxylation is 1. The van der Waals surface area contributed by atoms with Gasteiger partial charge in [0.25, 0.3) is 0 Å². The monoisotopic (exact) mass is 542 g/mol. The van der Waals surface area contributed by atoms with Crippen molar-refractivity contribution in [3.8, 4) is 0 Å². The normalized spacial score (nSPS) is 11.1. The molecule has 0 aromatic heterocycles. The topological polar surface area (TPSA) is 60.6 Å². The number of hydrogen-bond donors (Lipinski definition) is 0. The first-order valence-electron chi connectivity index (χ1n) is 7.43. The fourth-order valence-corrected chi connectivity index (χ4v) is 16.4. The highest BCUT2D eigenvalue weighted by atomic mass is 34.0. The van der Waals surface area contributed by atoms with Gasteiger partial charge in [-0.1, -0.05) is 46.7 Å². The van der Waals surface area contributed by atoms with Crippen molar-refractivity contribution in [2.24, 2.45) is 4.52 Å². The van der Waals surface area contributed by atoms with E-state index in [2.05, 4.69) is 9.31 Å². The van der Waals surface area contributed by atoms with Crippen LogP contribution in [0.3, 0.4) is 0 Å². The summed E-state index contributed by atoms with van der Waals surface area (Å²) in [4.78, 5) is 4.23. The lowest BCUT2D eigenvalue weighted by atomic mass is 10.1. The summed E-state index contributed by atoms with van der Waals surface area (Å²) in [5, 5.41) is 0. The summed E-state index contributed by atoms with van der Waals surface area (Å²) in [5.41, 5.74) is 2.45. The van der Waals surface area contributed by atoms with Gasteiger partial charge in [0.1, 0.15) is 5.75 Å². The first-order valence-corrected chi connectivity index (χ1v) is 18.8. The van der Waals surface area contributed by atoms with Gasteiger partial charge in [-0.15, -0.1) is 0 Å². The van der Waals surface area contributed by atoms with Gasteiger partial charge in [0, 0.05) is 0 Å². The third-order valence-electron chi connectivity index (χ3n) is 3.08. The Labute approximate surface area is 196 Å². The summed E-state index contributed by atoms with van der Waals surface area (Å²) in [6.45, 7) is 1.90. The van der Waals surface area contributed by atoms with E-state index in [1.807, 2.05) is 37.3 Å². The molecule has 28 heavy (non-hydrogen) atoms. The van der Waals surface area contributed by atoms with Gasteiger partial charge in [-0.3, -0.25) is 9.83 Å². The van der Waals surface area contributed by atoms with Crippen LogP contribution in [-0.4, -0.2) is 24.7 Å². The van der Waals surface area contributed by atoms with Crippen molar-refractivity contribution < 1.29 is 13.2 Å². The molecule has 2 aromatic carbocycles. The fraction of sp³-hybridized carbons (Fsp3) is 0.133. The minimum Gasteiger partial charge on any atom is -0.706 e. The molecule has 0 aliphatic heterocycles. The SMILES string of the molecule is Cc1ccc(S(=O)(=O)N=[N+]=C(CSSSSSSS[S-])c2ccccc2)cc1. The molecular formula is C15H14N2O2S9. The predicted molar refractivity (Wildman–Crippen MR) is 137 cm³/mol. The van der Waals surface area contributed by atoms with Gasteiger partial charge in [-0.2, -0.15) is 8.42 Å². The van der Waals surface area contributed by atoms with Crippen molar-refractivity contribution >= 4 is 97.1 Å². The van der Waals surface area contributed by atoms with E-state index in [1.165, 1.54) is 9.83 Å². The molecule has 0 atom stereocenters. The molecule has 0 N–H and O–H groups in total. The average molecular weight is 543 g/mol. The summed E-state index contributed by atoms with van der Waals surface area (Å²) < 4.78 is 28.6. The van der Waals surface area contributed by atoms with Gasteiger partial charge in [0.15, 0.2) is 0 Å². The Hall–Kier alpha value is 0.570. The van der Waals surface area contributed by atoms with E-state index >= 15 is 0 Å². The van der Waals surface area contributed by atoms with Gasteiger partial charge >= 0.3 is 15.7 Å². The van der Waals surface area contributed by atoms with E-state index in [0.29, 0.717) is 11.5 Å². The third kappa shape index (κ3) is 9.15. The van der Waals surface area contributed by atoms with E-state index in [0.717, 1.165) is 11.1 Å². The minimum absolute atomic E-state index is 0.136. The zero-order valence-corrected chi connectivity index (χ0v) is 21.6. The van der Waals surface area contributed by atoms with E-state index in [-0.39, 0.29) is 4.90 Å². The Morgan fingerprint density at radius 1 is 0.964 bits per heavy atom. The molecule has 2 rings (SSSR count).